The fraction of sp³-hybridized carbons (Fsp3) is 0.308. The van der Waals surface area contributed by atoms with Crippen LogP contribution in [0.1, 0.15) is 5.56 Å². The molecule has 2 aromatic rings. The van der Waals surface area contributed by atoms with Gasteiger partial charge in [-0.3, -0.25) is 14.8 Å². The van der Waals surface area contributed by atoms with Crippen molar-refractivity contribution >= 4 is 11.4 Å². The van der Waals surface area contributed by atoms with Gasteiger partial charge in [0.2, 0.25) is 0 Å². The Balaban J connectivity index is 2.07. The zero-order valence-electron chi connectivity index (χ0n) is 11.7. The van der Waals surface area contributed by atoms with Crippen LogP contribution in [0.4, 0.5) is 15.8 Å². The molecule has 0 bridgehead atoms. The van der Waals surface area contributed by atoms with E-state index in [-0.39, 0.29) is 11.4 Å². The van der Waals surface area contributed by atoms with Crippen molar-refractivity contribution in [1.29, 1.82) is 0 Å². The van der Waals surface area contributed by atoms with E-state index in [0.717, 1.165) is 11.6 Å². The lowest BCUT2D eigenvalue weighted by molar-refractivity contribution is -0.385. The van der Waals surface area contributed by atoms with Crippen molar-refractivity contribution in [3.8, 4) is 5.75 Å². The third-order valence-electron chi connectivity index (χ3n) is 2.95. The molecule has 7 nitrogen and oxygen atoms in total. The summed E-state index contributed by atoms with van der Waals surface area (Å²) in [7, 11) is 3.12. The standard InChI is InChI=1S/C13H15FN4O3/c1-17-8-9(7-16-17)3-4-15-11-6-13(21-2)12(18(19)20)5-10(11)14/h5-8,15H,3-4H2,1-2H3. The molecule has 21 heavy (non-hydrogen) atoms. The molecule has 0 saturated carbocycles. The Bertz CT molecular complexity index is 657. The van der Waals surface area contributed by atoms with E-state index in [2.05, 4.69) is 10.4 Å². The monoisotopic (exact) mass is 294 g/mol. The molecule has 0 fully saturated rings. The number of hydrogen-bond acceptors (Lipinski definition) is 5. The minimum absolute atomic E-state index is 0.0188. The maximum atomic E-state index is 13.8. The first-order valence-corrected chi connectivity index (χ1v) is 6.24. The van der Waals surface area contributed by atoms with Gasteiger partial charge in [-0.15, -0.1) is 0 Å². The number of nitro benzene ring substituents is 1. The van der Waals surface area contributed by atoms with Gasteiger partial charge in [-0.1, -0.05) is 0 Å². The Morgan fingerprint density at radius 2 is 2.29 bits per heavy atom. The third-order valence-corrected chi connectivity index (χ3v) is 2.95. The van der Waals surface area contributed by atoms with Gasteiger partial charge in [0.05, 0.1) is 30.0 Å². The number of nitrogens with one attached hydrogen (secondary N) is 1. The van der Waals surface area contributed by atoms with Crippen molar-refractivity contribution in [3.63, 3.8) is 0 Å². The minimum Gasteiger partial charge on any atom is -0.490 e. The number of nitrogens with zero attached hydrogens (tertiary/aromatic N) is 3. The topological polar surface area (TPSA) is 82.2 Å². The van der Waals surface area contributed by atoms with Gasteiger partial charge < -0.3 is 10.1 Å². The highest BCUT2D eigenvalue weighted by atomic mass is 19.1. The molecule has 0 amide bonds. The maximum Gasteiger partial charge on any atom is 0.313 e. The van der Waals surface area contributed by atoms with Crippen LogP contribution in [0.25, 0.3) is 0 Å². The summed E-state index contributed by atoms with van der Waals surface area (Å²) in [6.45, 7) is 0.476. The van der Waals surface area contributed by atoms with Gasteiger partial charge in [0.1, 0.15) is 0 Å². The molecule has 1 N–H and O–H groups in total. The number of aryl methyl sites for hydroxylation is 1. The summed E-state index contributed by atoms with van der Waals surface area (Å²) in [5, 5.41) is 17.7. The lowest BCUT2D eigenvalue weighted by Crippen LogP contribution is -2.07. The Morgan fingerprint density at radius 3 is 2.86 bits per heavy atom. The lowest BCUT2D eigenvalue weighted by Gasteiger charge is -2.09. The van der Waals surface area contributed by atoms with Crippen molar-refractivity contribution in [2.45, 2.75) is 6.42 Å². The summed E-state index contributed by atoms with van der Waals surface area (Å²) in [4.78, 5) is 10.1. The van der Waals surface area contributed by atoms with E-state index in [9.17, 15) is 14.5 Å². The van der Waals surface area contributed by atoms with E-state index in [0.29, 0.717) is 13.0 Å². The molecule has 0 aliphatic rings. The molecule has 1 aromatic carbocycles. The second kappa shape index (κ2) is 6.21. The number of nitro groups is 1. The zero-order valence-corrected chi connectivity index (χ0v) is 11.7. The van der Waals surface area contributed by atoms with Crippen LogP contribution in [0.15, 0.2) is 24.5 Å². The minimum atomic E-state index is -0.686. The number of ether oxygens (including phenoxy) is 1. The molecule has 8 heteroatoms. The van der Waals surface area contributed by atoms with E-state index in [1.807, 2.05) is 13.2 Å². The van der Waals surface area contributed by atoms with Crippen LogP contribution in [0.2, 0.25) is 0 Å². The fourth-order valence-electron chi connectivity index (χ4n) is 1.93. The van der Waals surface area contributed by atoms with Crippen molar-refractivity contribution in [2.24, 2.45) is 7.05 Å². The zero-order chi connectivity index (χ0) is 15.4. The molecule has 0 radical (unpaired) electrons. The molecule has 1 aromatic heterocycles. The summed E-state index contributed by atoms with van der Waals surface area (Å²) < 4.78 is 20.4. The number of rotatable bonds is 6. The van der Waals surface area contributed by atoms with Crippen LogP contribution in [0.5, 0.6) is 5.75 Å². The quantitative estimate of drug-likeness (QED) is 0.652. The average Bonchev–Trinajstić information content (AvgIpc) is 2.85. The number of aromatic nitrogens is 2. The first-order chi connectivity index (χ1) is 10.0. The van der Waals surface area contributed by atoms with Gasteiger partial charge in [-0.25, -0.2) is 4.39 Å². The van der Waals surface area contributed by atoms with Gasteiger partial charge in [0.15, 0.2) is 11.6 Å². The SMILES string of the molecule is COc1cc(NCCc2cnn(C)c2)c(F)cc1[N+](=O)[O-]. The predicted octanol–water partition coefficient (Wildman–Crippen LogP) is 2.13. The Morgan fingerprint density at radius 1 is 1.52 bits per heavy atom. The summed E-state index contributed by atoms with van der Waals surface area (Å²) >= 11 is 0. The first kappa shape index (κ1) is 14.8. The summed E-state index contributed by atoms with van der Waals surface area (Å²) in [6, 6.07) is 2.14. The first-order valence-electron chi connectivity index (χ1n) is 6.24. The second-order valence-corrected chi connectivity index (χ2v) is 4.46. The van der Waals surface area contributed by atoms with Gasteiger partial charge in [-0.2, -0.15) is 5.10 Å². The molecule has 112 valence electrons. The summed E-state index contributed by atoms with van der Waals surface area (Å²) in [6.07, 6.45) is 4.26. The summed E-state index contributed by atoms with van der Waals surface area (Å²) in [5.41, 5.74) is 0.786. The number of benzene rings is 1. The molecule has 2 rings (SSSR count). The molecule has 0 atom stereocenters. The van der Waals surface area contributed by atoms with Crippen LogP contribution >= 0.6 is 0 Å². The number of halogens is 1. The maximum absolute atomic E-state index is 13.8. The van der Waals surface area contributed by atoms with Gasteiger partial charge in [-0.05, 0) is 12.0 Å². The number of methoxy groups -OCH3 is 1. The highest BCUT2D eigenvalue weighted by Crippen LogP contribution is 2.32. The van der Waals surface area contributed by atoms with Crippen LogP contribution in [-0.4, -0.2) is 28.4 Å². The molecular weight excluding hydrogens is 279 g/mol. The average molecular weight is 294 g/mol. The van der Waals surface area contributed by atoms with E-state index in [1.165, 1.54) is 13.2 Å². The Kier molecular flexibility index (Phi) is 4.36. The largest absolute Gasteiger partial charge is 0.490 e. The highest BCUT2D eigenvalue weighted by molar-refractivity contribution is 5.59. The Labute approximate surface area is 120 Å². The normalized spacial score (nSPS) is 10.4. The third kappa shape index (κ3) is 3.47. The highest BCUT2D eigenvalue weighted by Gasteiger charge is 2.18. The van der Waals surface area contributed by atoms with Gasteiger partial charge in [0.25, 0.3) is 0 Å². The van der Waals surface area contributed by atoms with E-state index in [4.69, 9.17) is 4.74 Å². The van der Waals surface area contributed by atoms with Crippen molar-refractivity contribution < 1.29 is 14.1 Å². The molecule has 0 aliphatic heterocycles. The van der Waals surface area contributed by atoms with Crippen molar-refractivity contribution in [1.82, 2.24) is 9.78 Å². The van der Waals surface area contributed by atoms with Gasteiger partial charge in [0, 0.05) is 25.9 Å². The van der Waals surface area contributed by atoms with Crippen LogP contribution in [0, 0.1) is 15.9 Å². The van der Waals surface area contributed by atoms with Crippen LogP contribution in [0.3, 0.4) is 0 Å². The molecule has 0 aliphatic carbocycles. The smallest absolute Gasteiger partial charge is 0.313 e. The van der Waals surface area contributed by atoms with Crippen molar-refractivity contribution in [2.75, 3.05) is 19.0 Å². The van der Waals surface area contributed by atoms with Crippen LogP contribution in [-0.2, 0) is 13.5 Å². The number of anilines is 1. The second-order valence-electron chi connectivity index (χ2n) is 4.46. The van der Waals surface area contributed by atoms with Gasteiger partial charge >= 0.3 is 5.69 Å². The lowest BCUT2D eigenvalue weighted by atomic mass is 10.2. The molecule has 0 spiro atoms. The molecule has 1 heterocycles. The Hall–Kier alpha value is -2.64. The van der Waals surface area contributed by atoms with Crippen molar-refractivity contribution in [3.05, 3.63) is 46.0 Å². The van der Waals surface area contributed by atoms with Crippen LogP contribution < -0.4 is 10.1 Å². The molecule has 0 saturated heterocycles. The predicted molar refractivity (Wildman–Crippen MR) is 75.0 cm³/mol. The molecular formula is C13H15FN4O3. The van der Waals surface area contributed by atoms with E-state index < -0.39 is 16.4 Å². The fourth-order valence-corrected chi connectivity index (χ4v) is 1.93. The molecule has 0 unspecified atom stereocenters. The van der Waals surface area contributed by atoms with E-state index >= 15 is 0 Å². The summed E-state index contributed by atoms with van der Waals surface area (Å²) in [5.74, 6) is -0.668. The van der Waals surface area contributed by atoms with E-state index in [1.54, 1.807) is 10.9 Å². The number of hydrogen-bond donors (Lipinski definition) is 1.